The first-order valence-corrected chi connectivity index (χ1v) is 6.53. The van der Waals surface area contributed by atoms with Gasteiger partial charge in [-0.1, -0.05) is 0 Å². The minimum absolute atomic E-state index is 0.0572. The van der Waals surface area contributed by atoms with Crippen molar-refractivity contribution < 1.29 is 18.8 Å². The summed E-state index contributed by atoms with van der Waals surface area (Å²) in [6.45, 7) is 2.28. The lowest BCUT2D eigenvalue weighted by molar-refractivity contribution is -0.507. The van der Waals surface area contributed by atoms with E-state index in [9.17, 15) is 4.79 Å². The van der Waals surface area contributed by atoms with E-state index in [2.05, 4.69) is 0 Å². The highest BCUT2D eigenvalue weighted by Crippen LogP contribution is 2.30. The molecule has 3 rings (SSSR count). The molecule has 5 heteroatoms. The fraction of sp³-hybridized carbons (Fsp3) is 0.429. The standard InChI is InChI=1S/C14H16N2O3/c15-14-2-1-5-16(14)9-11(17)10-3-4-12-13(8-10)19-7-6-18-12/h3-4,8,15H,1-2,5-7,9H2/p+1. The van der Waals surface area contributed by atoms with E-state index in [0.29, 0.717) is 36.8 Å². The average molecular weight is 261 g/mol. The number of nitrogens with zero attached hydrogens (tertiary/aromatic N) is 1. The van der Waals surface area contributed by atoms with E-state index in [1.54, 1.807) is 18.2 Å². The number of hydrogen-bond acceptors (Lipinski definition) is 4. The molecule has 0 aromatic heterocycles. The van der Waals surface area contributed by atoms with Crippen LogP contribution in [0.1, 0.15) is 23.2 Å². The molecule has 0 atom stereocenters. The van der Waals surface area contributed by atoms with Gasteiger partial charge in [-0.3, -0.25) is 15.1 Å². The molecule has 1 aromatic rings. The van der Waals surface area contributed by atoms with Gasteiger partial charge in [0, 0.05) is 5.56 Å². The van der Waals surface area contributed by atoms with Crippen molar-refractivity contribution in [3.05, 3.63) is 23.8 Å². The molecule has 0 saturated heterocycles. The van der Waals surface area contributed by atoms with Crippen molar-refractivity contribution in [3.63, 3.8) is 0 Å². The van der Waals surface area contributed by atoms with Crippen molar-refractivity contribution in [1.82, 2.24) is 0 Å². The summed E-state index contributed by atoms with van der Waals surface area (Å²) in [5, 5.41) is 0. The molecule has 0 fully saturated rings. The van der Waals surface area contributed by atoms with E-state index in [4.69, 9.17) is 15.2 Å². The second kappa shape index (κ2) is 4.91. The molecule has 2 heterocycles. The van der Waals surface area contributed by atoms with Crippen LogP contribution in [0.3, 0.4) is 0 Å². The molecule has 19 heavy (non-hydrogen) atoms. The topological polar surface area (TPSA) is 64.6 Å². The molecule has 1 aromatic carbocycles. The number of carbonyl (C=O) groups excluding carboxylic acids is 1. The summed E-state index contributed by atoms with van der Waals surface area (Å²) in [5.74, 6) is 2.22. The molecule has 0 unspecified atom stereocenters. The number of amidine groups is 1. The monoisotopic (exact) mass is 261 g/mol. The van der Waals surface area contributed by atoms with Crippen LogP contribution < -0.4 is 15.2 Å². The number of carbonyl (C=O) groups is 1. The Morgan fingerprint density at radius 2 is 2.05 bits per heavy atom. The number of benzene rings is 1. The maximum atomic E-state index is 12.2. The summed E-state index contributed by atoms with van der Waals surface area (Å²) < 4.78 is 12.9. The maximum Gasteiger partial charge on any atom is 0.243 e. The minimum atomic E-state index is 0.0572. The zero-order chi connectivity index (χ0) is 13.2. The van der Waals surface area contributed by atoms with E-state index in [1.165, 1.54) is 0 Å². The Bertz CT molecular complexity index is 552. The third kappa shape index (κ3) is 2.41. The van der Waals surface area contributed by atoms with Gasteiger partial charge in [0.2, 0.25) is 11.6 Å². The second-order valence-corrected chi connectivity index (χ2v) is 4.80. The average Bonchev–Trinajstić information content (AvgIpc) is 2.84. The smallest absolute Gasteiger partial charge is 0.243 e. The summed E-state index contributed by atoms with van der Waals surface area (Å²) in [6, 6.07) is 5.32. The van der Waals surface area contributed by atoms with Crippen molar-refractivity contribution in [2.45, 2.75) is 12.8 Å². The first-order valence-electron chi connectivity index (χ1n) is 6.53. The molecule has 2 aliphatic rings. The highest BCUT2D eigenvalue weighted by Gasteiger charge is 2.21. The molecule has 5 nitrogen and oxygen atoms in total. The summed E-state index contributed by atoms with van der Waals surface area (Å²) in [5.41, 5.74) is 6.50. The zero-order valence-electron chi connectivity index (χ0n) is 10.7. The lowest BCUT2D eigenvalue weighted by atomic mass is 10.1. The second-order valence-electron chi connectivity index (χ2n) is 4.80. The zero-order valence-corrected chi connectivity index (χ0v) is 10.7. The Morgan fingerprint density at radius 1 is 1.26 bits per heavy atom. The molecule has 2 N–H and O–H groups in total. The summed E-state index contributed by atoms with van der Waals surface area (Å²) in [6.07, 6.45) is 1.91. The first-order chi connectivity index (χ1) is 9.24. The fourth-order valence-electron chi connectivity index (χ4n) is 2.41. The largest absolute Gasteiger partial charge is 0.486 e. The van der Waals surface area contributed by atoms with Gasteiger partial charge in [-0.05, 0) is 24.6 Å². The number of fused-ring (bicyclic) bond motifs is 1. The predicted molar refractivity (Wildman–Crippen MR) is 70.2 cm³/mol. The molecule has 0 bridgehead atoms. The fourth-order valence-corrected chi connectivity index (χ4v) is 2.41. The molecular weight excluding hydrogens is 244 g/mol. The van der Waals surface area contributed by atoms with Gasteiger partial charge in [0.15, 0.2) is 11.5 Å². The number of ether oxygens (including phenoxy) is 2. The Kier molecular flexibility index (Phi) is 3.11. The van der Waals surface area contributed by atoms with Gasteiger partial charge in [0.05, 0.1) is 13.0 Å². The normalized spacial score (nSPS) is 17.7. The summed E-state index contributed by atoms with van der Waals surface area (Å²) >= 11 is 0. The highest BCUT2D eigenvalue weighted by atomic mass is 16.6. The van der Waals surface area contributed by atoms with E-state index in [0.717, 1.165) is 25.2 Å². The molecule has 2 aliphatic heterocycles. The predicted octanol–water partition coefficient (Wildman–Crippen LogP) is 0.804. The maximum absolute atomic E-state index is 12.2. The first kappa shape index (κ1) is 12.0. The van der Waals surface area contributed by atoms with Crippen LogP contribution >= 0.6 is 0 Å². The lowest BCUT2D eigenvalue weighted by Gasteiger charge is -2.18. The van der Waals surface area contributed by atoms with Crippen molar-refractivity contribution >= 4 is 11.6 Å². The third-order valence-corrected chi connectivity index (χ3v) is 3.47. The van der Waals surface area contributed by atoms with Crippen LogP contribution in [-0.2, 0) is 0 Å². The molecule has 0 saturated carbocycles. The molecular formula is C14H17N2O3+. The van der Waals surface area contributed by atoms with E-state index in [1.807, 2.05) is 4.58 Å². The van der Waals surface area contributed by atoms with Gasteiger partial charge in [0.1, 0.15) is 19.8 Å². The van der Waals surface area contributed by atoms with Gasteiger partial charge < -0.3 is 9.47 Å². The molecule has 0 aliphatic carbocycles. The van der Waals surface area contributed by atoms with Crippen LogP contribution in [0.15, 0.2) is 18.2 Å². The van der Waals surface area contributed by atoms with Crippen LogP contribution in [0, 0.1) is 0 Å². The summed E-state index contributed by atoms with van der Waals surface area (Å²) in [4.78, 5) is 12.2. The van der Waals surface area contributed by atoms with Crippen LogP contribution in [0.5, 0.6) is 11.5 Å². The van der Waals surface area contributed by atoms with E-state index in [-0.39, 0.29) is 5.78 Å². The van der Waals surface area contributed by atoms with Crippen LogP contribution in [0.25, 0.3) is 0 Å². The van der Waals surface area contributed by atoms with Gasteiger partial charge in [-0.2, -0.15) is 0 Å². The number of ketones is 1. The number of rotatable bonds is 3. The van der Waals surface area contributed by atoms with Crippen molar-refractivity contribution in [2.75, 3.05) is 26.3 Å². The molecule has 0 radical (unpaired) electrons. The van der Waals surface area contributed by atoms with Crippen LogP contribution in [-0.4, -0.2) is 42.5 Å². The quantitative estimate of drug-likeness (QED) is 0.646. The van der Waals surface area contributed by atoms with Crippen molar-refractivity contribution in [2.24, 2.45) is 5.73 Å². The van der Waals surface area contributed by atoms with Gasteiger partial charge in [-0.15, -0.1) is 0 Å². The Morgan fingerprint density at radius 3 is 2.79 bits per heavy atom. The highest BCUT2D eigenvalue weighted by molar-refractivity contribution is 5.98. The van der Waals surface area contributed by atoms with E-state index >= 15 is 0 Å². The third-order valence-electron chi connectivity index (χ3n) is 3.47. The number of nitrogens with two attached hydrogens (primary N) is 1. The van der Waals surface area contributed by atoms with Crippen LogP contribution in [0.4, 0.5) is 0 Å². The Balaban J connectivity index is 1.78. The molecule has 0 amide bonds. The Hall–Kier alpha value is -2.04. The van der Waals surface area contributed by atoms with Gasteiger partial charge in [-0.25, -0.2) is 0 Å². The van der Waals surface area contributed by atoms with Gasteiger partial charge in [0.25, 0.3) is 0 Å². The SMILES string of the molecule is NC1=[N+](CC(=O)c2ccc3c(c2)OCCO3)CCC1. The van der Waals surface area contributed by atoms with Crippen molar-refractivity contribution in [3.8, 4) is 11.5 Å². The van der Waals surface area contributed by atoms with Crippen LogP contribution in [0.2, 0.25) is 0 Å². The molecule has 100 valence electrons. The number of Topliss-reactive ketones (excluding diaryl/α,β-unsaturated/α-hetero) is 1. The number of hydrogen-bond donors (Lipinski definition) is 1. The Labute approximate surface area is 111 Å². The van der Waals surface area contributed by atoms with Gasteiger partial charge >= 0.3 is 0 Å². The minimum Gasteiger partial charge on any atom is -0.486 e. The van der Waals surface area contributed by atoms with Crippen molar-refractivity contribution in [1.29, 1.82) is 0 Å². The summed E-state index contributed by atoms with van der Waals surface area (Å²) in [7, 11) is 0. The van der Waals surface area contributed by atoms with E-state index < -0.39 is 0 Å². The lowest BCUT2D eigenvalue weighted by Crippen LogP contribution is -2.27. The molecule has 0 spiro atoms.